The number of hydrogen-bond donors (Lipinski definition) is 0. The van der Waals surface area contributed by atoms with Crippen molar-refractivity contribution in [3.05, 3.63) is 0 Å². The van der Waals surface area contributed by atoms with Gasteiger partial charge >= 0.3 is 0 Å². The fourth-order valence-electron chi connectivity index (χ4n) is 1.79. The molecule has 0 spiro atoms. The summed E-state index contributed by atoms with van der Waals surface area (Å²) in [6.45, 7) is 6.85. The van der Waals surface area contributed by atoms with E-state index in [0.29, 0.717) is 19.7 Å². The average Bonchev–Trinajstić information content (AvgIpc) is 2.34. The highest BCUT2D eigenvalue weighted by Gasteiger charge is 2.26. The van der Waals surface area contributed by atoms with Crippen molar-refractivity contribution in [3.63, 3.8) is 0 Å². The van der Waals surface area contributed by atoms with Crippen LogP contribution in [-0.4, -0.2) is 61.0 Å². The monoisotopic (exact) mass is 242 g/mol. The molecule has 0 aromatic heterocycles. The minimum atomic E-state index is -0.0876. The molecule has 2 amide bonds. The number of piperazine rings is 1. The van der Waals surface area contributed by atoms with Crippen LogP contribution in [0.3, 0.4) is 0 Å². The summed E-state index contributed by atoms with van der Waals surface area (Å²) in [4.78, 5) is 26.9. The van der Waals surface area contributed by atoms with Crippen molar-refractivity contribution in [2.45, 2.75) is 26.7 Å². The van der Waals surface area contributed by atoms with Crippen LogP contribution in [0.5, 0.6) is 0 Å². The van der Waals surface area contributed by atoms with Crippen LogP contribution in [0, 0.1) is 0 Å². The number of carbonyl (C=O) groups is 2. The maximum Gasteiger partial charge on any atom is 0.249 e. The van der Waals surface area contributed by atoms with E-state index in [0.717, 1.165) is 19.4 Å². The highest BCUT2D eigenvalue weighted by molar-refractivity contribution is 5.86. The lowest BCUT2D eigenvalue weighted by molar-refractivity contribution is -0.147. The molecule has 0 aliphatic carbocycles. The second-order valence-electron chi connectivity index (χ2n) is 4.19. The molecular formula is C12H22N2O3. The van der Waals surface area contributed by atoms with Gasteiger partial charge in [0.1, 0.15) is 6.61 Å². The molecule has 1 rings (SSSR count). The van der Waals surface area contributed by atoms with Crippen molar-refractivity contribution in [1.82, 2.24) is 9.80 Å². The van der Waals surface area contributed by atoms with Crippen LogP contribution in [0.2, 0.25) is 0 Å². The molecule has 1 aliphatic heterocycles. The molecule has 1 aliphatic rings. The number of unbranched alkanes of at least 4 members (excludes halogenated alkanes) is 1. The van der Waals surface area contributed by atoms with E-state index in [1.165, 1.54) is 0 Å². The van der Waals surface area contributed by atoms with E-state index in [4.69, 9.17) is 4.74 Å². The van der Waals surface area contributed by atoms with Crippen LogP contribution in [0.15, 0.2) is 0 Å². The Morgan fingerprint density at radius 3 is 2.71 bits per heavy atom. The van der Waals surface area contributed by atoms with E-state index >= 15 is 0 Å². The summed E-state index contributed by atoms with van der Waals surface area (Å²) >= 11 is 0. The molecule has 0 N–H and O–H groups in total. The van der Waals surface area contributed by atoms with Gasteiger partial charge in [0.25, 0.3) is 0 Å². The summed E-state index contributed by atoms with van der Waals surface area (Å²) in [6, 6.07) is 0. The third kappa shape index (κ3) is 4.34. The lowest BCUT2D eigenvalue weighted by atomic mass is 10.2. The SMILES string of the molecule is CCCCN1CCN(C(=O)COCC)CC1=O. The van der Waals surface area contributed by atoms with Crippen molar-refractivity contribution >= 4 is 11.8 Å². The topological polar surface area (TPSA) is 49.9 Å². The lowest BCUT2D eigenvalue weighted by Crippen LogP contribution is -2.53. The van der Waals surface area contributed by atoms with Crippen molar-refractivity contribution in [3.8, 4) is 0 Å². The number of hydrogen-bond acceptors (Lipinski definition) is 3. The van der Waals surface area contributed by atoms with E-state index in [1.807, 2.05) is 11.8 Å². The summed E-state index contributed by atoms with van der Waals surface area (Å²) < 4.78 is 5.06. The molecule has 1 fully saturated rings. The molecule has 0 aromatic rings. The predicted octanol–water partition coefficient (Wildman–Crippen LogP) is 0.494. The Bertz CT molecular complexity index is 268. The second kappa shape index (κ2) is 7.27. The molecule has 17 heavy (non-hydrogen) atoms. The van der Waals surface area contributed by atoms with E-state index < -0.39 is 0 Å². The maximum absolute atomic E-state index is 11.8. The summed E-state index contributed by atoms with van der Waals surface area (Å²) in [5, 5.41) is 0. The van der Waals surface area contributed by atoms with Gasteiger partial charge in [-0.3, -0.25) is 9.59 Å². The maximum atomic E-state index is 11.8. The molecule has 98 valence electrons. The summed E-state index contributed by atoms with van der Waals surface area (Å²) in [5.74, 6) is -0.0371. The molecule has 0 aromatic carbocycles. The van der Waals surface area contributed by atoms with Crippen LogP contribution < -0.4 is 0 Å². The first-order valence-corrected chi connectivity index (χ1v) is 6.32. The molecule has 1 heterocycles. The Morgan fingerprint density at radius 2 is 2.12 bits per heavy atom. The molecule has 0 unspecified atom stereocenters. The van der Waals surface area contributed by atoms with Crippen LogP contribution >= 0.6 is 0 Å². The predicted molar refractivity (Wildman–Crippen MR) is 64.6 cm³/mol. The molecular weight excluding hydrogens is 220 g/mol. The van der Waals surface area contributed by atoms with Gasteiger partial charge in [-0.2, -0.15) is 0 Å². The Balaban J connectivity index is 2.35. The smallest absolute Gasteiger partial charge is 0.249 e. The fourth-order valence-corrected chi connectivity index (χ4v) is 1.79. The molecule has 0 radical (unpaired) electrons. The van der Waals surface area contributed by atoms with Gasteiger partial charge < -0.3 is 14.5 Å². The Labute approximate surface area is 103 Å². The summed E-state index contributed by atoms with van der Waals surface area (Å²) in [7, 11) is 0. The van der Waals surface area contributed by atoms with Crippen LogP contribution in [-0.2, 0) is 14.3 Å². The number of rotatable bonds is 6. The zero-order valence-corrected chi connectivity index (χ0v) is 10.8. The third-order valence-electron chi connectivity index (χ3n) is 2.88. The van der Waals surface area contributed by atoms with Gasteiger partial charge in [-0.05, 0) is 13.3 Å². The summed E-state index contributed by atoms with van der Waals surface area (Å²) in [6.07, 6.45) is 2.11. The van der Waals surface area contributed by atoms with Gasteiger partial charge in [-0.25, -0.2) is 0 Å². The molecule has 5 nitrogen and oxygen atoms in total. The Kier molecular flexibility index (Phi) is 5.97. The van der Waals surface area contributed by atoms with Crippen molar-refractivity contribution < 1.29 is 14.3 Å². The van der Waals surface area contributed by atoms with E-state index in [2.05, 4.69) is 6.92 Å². The molecule has 0 atom stereocenters. The minimum absolute atomic E-state index is 0.0505. The first-order valence-electron chi connectivity index (χ1n) is 6.32. The molecule has 0 saturated carbocycles. The Morgan fingerprint density at radius 1 is 1.35 bits per heavy atom. The summed E-state index contributed by atoms with van der Waals surface area (Å²) in [5.41, 5.74) is 0. The number of nitrogens with zero attached hydrogens (tertiary/aromatic N) is 2. The van der Waals surface area contributed by atoms with Gasteiger partial charge in [-0.15, -0.1) is 0 Å². The zero-order chi connectivity index (χ0) is 12.7. The van der Waals surface area contributed by atoms with Crippen molar-refractivity contribution in [1.29, 1.82) is 0 Å². The number of carbonyl (C=O) groups excluding carboxylic acids is 2. The van der Waals surface area contributed by atoms with Crippen LogP contribution in [0.1, 0.15) is 26.7 Å². The standard InChI is InChI=1S/C12H22N2O3/c1-3-5-6-13-7-8-14(9-11(13)15)12(16)10-17-4-2/h3-10H2,1-2H3. The Hall–Kier alpha value is -1.10. The molecule has 5 heteroatoms. The first-order chi connectivity index (χ1) is 8.19. The van der Waals surface area contributed by atoms with Gasteiger partial charge in [0.15, 0.2) is 0 Å². The first kappa shape index (κ1) is 14.0. The van der Waals surface area contributed by atoms with E-state index in [1.54, 1.807) is 4.90 Å². The second-order valence-corrected chi connectivity index (χ2v) is 4.19. The quantitative estimate of drug-likeness (QED) is 0.681. The highest BCUT2D eigenvalue weighted by Crippen LogP contribution is 2.05. The number of amides is 2. The highest BCUT2D eigenvalue weighted by atomic mass is 16.5. The van der Waals surface area contributed by atoms with Gasteiger partial charge in [0, 0.05) is 26.2 Å². The minimum Gasteiger partial charge on any atom is -0.372 e. The van der Waals surface area contributed by atoms with Crippen LogP contribution in [0.25, 0.3) is 0 Å². The average molecular weight is 242 g/mol. The fraction of sp³-hybridized carbons (Fsp3) is 0.833. The third-order valence-corrected chi connectivity index (χ3v) is 2.88. The largest absolute Gasteiger partial charge is 0.372 e. The lowest BCUT2D eigenvalue weighted by Gasteiger charge is -2.34. The number of ether oxygens (including phenoxy) is 1. The van der Waals surface area contributed by atoms with Gasteiger partial charge in [0.05, 0.1) is 6.54 Å². The van der Waals surface area contributed by atoms with Gasteiger partial charge in [-0.1, -0.05) is 13.3 Å². The van der Waals surface area contributed by atoms with Crippen LogP contribution in [0.4, 0.5) is 0 Å². The van der Waals surface area contributed by atoms with E-state index in [-0.39, 0.29) is 25.0 Å². The zero-order valence-electron chi connectivity index (χ0n) is 10.8. The van der Waals surface area contributed by atoms with E-state index in [9.17, 15) is 9.59 Å². The van der Waals surface area contributed by atoms with Gasteiger partial charge in [0.2, 0.25) is 11.8 Å². The molecule has 0 bridgehead atoms. The van der Waals surface area contributed by atoms with Crippen molar-refractivity contribution in [2.24, 2.45) is 0 Å². The molecule has 1 saturated heterocycles. The normalized spacial score (nSPS) is 16.5. The van der Waals surface area contributed by atoms with Crippen molar-refractivity contribution in [2.75, 3.05) is 39.4 Å².